The summed E-state index contributed by atoms with van der Waals surface area (Å²) in [6.07, 6.45) is -1.13. The van der Waals surface area contributed by atoms with Gasteiger partial charge in [0.2, 0.25) is 10.0 Å². The van der Waals surface area contributed by atoms with Gasteiger partial charge in [0.05, 0.1) is 18.0 Å². The molecule has 8 heteroatoms. The summed E-state index contributed by atoms with van der Waals surface area (Å²) in [6, 6.07) is 5.74. The number of morpholine rings is 1. The van der Waals surface area contributed by atoms with Crippen LogP contribution in [-0.2, 0) is 19.6 Å². The van der Waals surface area contributed by atoms with Gasteiger partial charge in [-0.05, 0) is 24.3 Å². The molecule has 1 fully saturated rings. The molecule has 19 heavy (non-hydrogen) atoms. The van der Waals surface area contributed by atoms with Crippen LogP contribution in [0.4, 0.5) is 0 Å². The summed E-state index contributed by atoms with van der Waals surface area (Å²) < 4.78 is 30.7. The number of benzene rings is 1. The highest BCUT2D eigenvalue weighted by molar-refractivity contribution is 7.89. The molecule has 6 nitrogen and oxygen atoms in total. The Morgan fingerprint density at radius 2 is 2.00 bits per heavy atom. The smallest absolute Gasteiger partial charge is 0.334 e. The molecule has 0 saturated carbocycles. The maximum absolute atomic E-state index is 12.3. The molecular formula is C11H12ClNO5S. The van der Waals surface area contributed by atoms with Crippen molar-refractivity contribution in [2.45, 2.75) is 11.0 Å². The summed E-state index contributed by atoms with van der Waals surface area (Å²) in [6.45, 7) is -0.00117. The van der Waals surface area contributed by atoms with Gasteiger partial charge in [-0.15, -0.1) is 0 Å². The molecule has 1 unspecified atom stereocenters. The zero-order valence-corrected chi connectivity index (χ0v) is 11.4. The standard InChI is InChI=1S/C11H12ClNO5S/c12-8-1-3-9(4-2-8)19(16,17)13-5-6-18-10(7-13)11(14)15/h1-4,10H,5-7H2,(H,14,15). The monoisotopic (exact) mass is 305 g/mol. The lowest BCUT2D eigenvalue weighted by molar-refractivity contribution is -0.153. The molecule has 1 saturated heterocycles. The topological polar surface area (TPSA) is 83.9 Å². The molecule has 1 aliphatic heterocycles. The fraction of sp³-hybridized carbons (Fsp3) is 0.364. The maximum atomic E-state index is 12.3. The van der Waals surface area contributed by atoms with E-state index in [1.165, 1.54) is 24.3 Å². The maximum Gasteiger partial charge on any atom is 0.334 e. The summed E-state index contributed by atoms with van der Waals surface area (Å²) in [7, 11) is -3.71. The molecule has 0 amide bonds. The Labute approximate surface area is 115 Å². The summed E-state index contributed by atoms with van der Waals surface area (Å²) in [5.41, 5.74) is 0. The third-order valence-electron chi connectivity index (χ3n) is 2.76. The summed E-state index contributed by atoms with van der Waals surface area (Å²) in [4.78, 5) is 10.9. The van der Waals surface area contributed by atoms with Gasteiger partial charge < -0.3 is 9.84 Å². The summed E-state index contributed by atoms with van der Waals surface area (Å²) in [5, 5.41) is 9.30. The van der Waals surface area contributed by atoms with E-state index >= 15 is 0 Å². The summed E-state index contributed by atoms with van der Waals surface area (Å²) >= 11 is 5.71. The van der Waals surface area contributed by atoms with Gasteiger partial charge >= 0.3 is 5.97 Å². The Kier molecular flexibility index (Phi) is 4.10. The fourth-order valence-corrected chi connectivity index (χ4v) is 3.30. The number of rotatable bonds is 3. The van der Waals surface area contributed by atoms with Crippen LogP contribution >= 0.6 is 11.6 Å². The van der Waals surface area contributed by atoms with Gasteiger partial charge in [0, 0.05) is 11.6 Å². The highest BCUT2D eigenvalue weighted by Crippen LogP contribution is 2.20. The SMILES string of the molecule is O=C(O)C1CN(S(=O)(=O)c2ccc(Cl)cc2)CCO1. The van der Waals surface area contributed by atoms with Crippen LogP contribution in [-0.4, -0.2) is 49.6 Å². The highest BCUT2D eigenvalue weighted by Gasteiger charge is 2.33. The van der Waals surface area contributed by atoms with Gasteiger partial charge in [-0.3, -0.25) is 0 Å². The average Bonchev–Trinajstić information content (AvgIpc) is 2.39. The van der Waals surface area contributed by atoms with Crippen molar-refractivity contribution in [1.82, 2.24) is 4.31 Å². The molecule has 0 aliphatic carbocycles. The van der Waals surface area contributed by atoms with Crippen LogP contribution in [0.15, 0.2) is 29.2 Å². The third-order valence-corrected chi connectivity index (χ3v) is 4.89. The van der Waals surface area contributed by atoms with Crippen molar-refractivity contribution in [1.29, 1.82) is 0 Å². The number of nitrogens with zero attached hydrogens (tertiary/aromatic N) is 1. The molecule has 1 aromatic rings. The number of carboxylic acids is 1. The number of halogens is 1. The normalized spacial score (nSPS) is 21.2. The first-order valence-corrected chi connectivity index (χ1v) is 7.33. The first-order valence-electron chi connectivity index (χ1n) is 5.51. The Bertz CT molecular complexity index is 571. The van der Waals surface area contributed by atoms with Gasteiger partial charge in [-0.2, -0.15) is 4.31 Å². The highest BCUT2D eigenvalue weighted by atomic mass is 35.5. The van der Waals surface area contributed by atoms with Crippen LogP contribution in [0.5, 0.6) is 0 Å². The van der Waals surface area contributed by atoms with Crippen molar-refractivity contribution >= 4 is 27.6 Å². The van der Waals surface area contributed by atoms with Gasteiger partial charge in [0.25, 0.3) is 0 Å². The zero-order valence-electron chi connectivity index (χ0n) is 9.82. The van der Waals surface area contributed by atoms with Crippen molar-refractivity contribution in [3.05, 3.63) is 29.3 Å². The largest absolute Gasteiger partial charge is 0.479 e. The van der Waals surface area contributed by atoms with E-state index in [1.807, 2.05) is 0 Å². The molecule has 0 spiro atoms. The number of sulfonamides is 1. The fourth-order valence-electron chi connectivity index (χ4n) is 1.75. The molecule has 1 aromatic carbocycles. The van der Waals surface area contributed by atoms with Gasteiger partial charge in [0.15, 0.2) is 6.10 Å². The molecule has 1 N–H and O–H groups in total. The van der Waals surface area contributed by atoms with Crippen LogP contribution in [0, 0.1) is 0 Å². The Balaban J connectivity index is 2.24. The van der Waals surface area contributed by atoms with E-state index < -0.39 is 22.1 Å². The second-order valence-corrected chi connectivity index (χ2v) is 6.39. The van der Waals surface area contributed by atoms with Crippen LogP contribution < -0.4 is 0 Å². The lowest BCUT2D eigenvalue weighted by atomic mass is 10.3. The Morgan fingerprint density at radius 1 is 1.37 bits per heavy atom. The van der Waals surface area contributed by atoms with E-state index in [1.54, 1.807) is 0 Å². The minimum absolute atomic E-state index is 0.0593. The number of hydrogen-bond acceptors (Lipinski definition) is 4. The van der Waals surface area contributed by atoms with E-state index in [9.17, 15) is 13.2 Å². The molecule has 0 aromatic heterocycles. The molecule has 1 atom stereocenters. The molecule has 2 rings (SSSR count). The Hall–Kier alpha value is -1.15. The molecule has 1 heterocycles. The van der Waals surface area contributed by atoms with Crippen LogP contribution in [0.2, 0.25) is 5.02 Å². The minimum Gasteiger partial charge on any atom is -0.479 e. The van der Waals surface area contributed by atoms with Crippen molar-refractivity contribution in [3.63, 3.8) is 0 Å². The van der Waals surface area contributed by atoms with E-state index in [0.29, 0.717) is 5.02 Å². The van der Waals surface area contributed by atoms with Crippen molar-refractivity contribution < 1.29 is 23.1 Å². The number of carbonyl (C=O) groups is 1. The average molecular weight is 306 g/mol. The second-order valence-electron chi connectivity index (χ2n) is 4.01. The molecular weight excluding hydrogens is 294 g/mol. The van der Waals surface area contributed by atoms with E-state index in [0.717, 1.165) is 4.31 Å². The quantitative estimate of drug-likeness (QED) is 0.893. The minimum atomic E-state index is -3.71. The molecule has 1 aliphatic rings. The molecule has 0 bridgehead atoms. The van der Waals surface area contributed by atoms with Crippen molar-refractivity contribution in [3.8, 4) is 0 Å². The van der Waals surface area contributed by atoms with Crippen LogP contribution in [0.25, 0.3) is 0 Å². The number of aliphatic carboxylic acids is 1. The van der Waals surface area contributed by atoms with Crippen LogP contribution in [0.1, 0.15) is 0 Å². The first-order chi connectivity index (χ1) is 8.91. The third kappa shape index (κ3) is 3.06. The number of ether oxygens (including phenoxy) is 1. The Morgan fingerprint density at radius 3 is 2.58 bits per heavy atom. The lowest BCUT2D eigenvalue weighted by Crippen LogP contribution is -2.48. The predicted molar refractivity (Wildman–Crippen MR) is 67.6 cm³/mol. The lowest BCUT2D eigenvalue weighted by Gasteiger charge is -2.30. The van der Waals surface area contributed by atoms with Gasteiger partial charge in [-0.25, -0.2) is 13.2 Å². The van der Waals surface area contributed by atoms with Crippen LogP contribution in [0.3, 0.4) is 0 Å². The van der Waals surface area contributed by atoms with E-state index in [2.05, 4.69) is 0 Å². The molecule has 0 radical (unpaired) electrons. The number of carboxylic acid groups (broad SMARTS) is 1. The first kappa shape index (κ1) is 14.3. The van der Waals surface area contributed by atoms with Crippen molar-refractivity contribution in [2.75, 3.05) is 19.7 Å². The van der Waals surface area contributed by atoms with E-state index in [-0.39, 0.29) is 24.6 Å². The zero-order chi connectivity index (χ0) is 14.0. The van der Waals surface area contributed by atoms with Gasteiger partial charge in [-0.1, -0.05) is 11.6 Å². The molecule has 104 valence electrons. The number of hydrogen-bond donors (Lipinski definition) is 1. The van der Waals surface area contributed by atoms with E-state index in [4.69, 9.17) is 21.4 Å². The predicted octanol–water partition coefficient (Wildman–Crippen LogP) is 0.814. The second kappa shape index (κ2) is 5.46. The van der Waals surface area contributed by atoms with Gasteiger partial charge in [0.1, 0.15) is 0 Å². The summed E-state index contributed by atoms with van der Waals surface area (Å²) in [5.74, 6) is -1.17. The van der Waals surface area contributed by atoms with Crippen molar-refractivity contribution in [2.24, 2.45) is 0 Å².